The largest absolute Gasteiger partial charge is 0.322 e. The van der Waals surface area contributed by atoms with Crippen LogP contribution in [0.15, 0.2) is 97.1 Å². The number of nitrogens with two attached hydrogens (primary N) is 1. The highest BCUT2D eigenvalue weighted by Gasteiger charge is 2.52. The molecule has 0 spiro atoms. The lowest BCUT2D eigenvalue weighted by molar-refractivity contribution is 0.102. The summed E-state index contributed by atoms with van der Waals surface area (Å²) < 4.78 is 0. The first kappa shape index (κ1) is 20.1. The smallest absolute Gasteiger partial charge is 0.256 e. The molecule has 30 heavy (non-hydrogen) atoms. The Bertz CT molecular complexity index is 1190. The van der Waals surface area contributed by atoms with Gasteiger partial charge in [-0.15, -0.1) is 12.4 Å². The van der Waals surface area contributed by atoms with Gasteiger partial charge in [-0.3, -0.25) is 4.79 Å². The van der Waals surface area contributed by atoms with Crippen molar-refractivity contribution < 1.29 is 4.79 Å². The van der Waals surface area contributed by atoms with E-state index in [0.717, 1.165) is 22.9 Å². The molecule has 0 radical (unpaired) electrons. The first-order valence-electron chi connectivity index (χ1n) is 9.89. The molecule has 1 amide bonds. The second kappa shape index (κ2) is 7.94. The van der Waals surface area contributed by atoms with Crippen LogP contribution in [-0.2, 0) is 5.54 Å². The second-order valence-corrected chi connectivity index (χ2v) is 7.77. The quantitative estimate of drug-likeness (QED) is 0.439. The SMILES string of the molecule is Cl.N[C@@]1(c2ccccc2)C[C@H]1c1ccc(NC(=O)c2cccc3ccccc23)cc1. The van der Waals surface area contributed by atoms with Gasteiger partial charge in [0.15, 0.2) is 0 Å². The van der Waals surface area contributed by atoms with Crippen molar-refractivity contribution in [3.8, 4) is 0 Å². The normalized spacial score (nSPS) is 19.7. The zero-order chi connectivity index (χ0) is 19.8. The molecule has 1 fully saturated rings. The number of anilines is 1. The molecule has 0 aromatic heterocycles. The van der Waals surface area contributed by atoms with Gasteiger partial charge < -0.3 is 11.1 Å². The molecular weight excluding hydrogens is 392 g/mol. The number of nitrogens with one attached hydrogen (secondary N) is 1. The highest BCUT2D eigenvalue weighted by Crippen LogP contribution is 2.56. The molecule has 1 aliphatic rings. The minimum atomic E-state index is -0.283. The molecule has 0 bridgehead atoms. The van der Waals surface area contributed by atoms with Crippen LogP contribution in [0.25, 0.3) is 10.8 Å². The maximum absolute atomic E-state index is 12.8. The van der Waals surface area contributed by atoms with Gasteiger partial charge >= 0.3 is 0 Å². The summed E-state index contributed by atoms with van der Waals surface area (Å²) in [5, 5.41) is 5.04. The third-order valence-corrected chi connectivity index (χ3v) is 5.92. The fraction of sp³-hybridized carbons (Fsp3) is 0.115. The standard InChI is InChI=1S/C26H22N2O.ClH/c27-26(20-9-2-1-3-10-20)17-24(26)19-13-15-21(16-14-19)28-25(29)23-12-6-8-18-7-4-5-11-22(18)23;/h1-16,24H,17,27H2,(H,28,29);1H/t24-,26+;/m0./s1. The van der Waals surface area contributed by atoms with Gasteiger partial charge in [0, 0.05) is 22.7 Å². The Morgan fingerprint density at radius 2 is 1.50 bits per heavy atom. The molecule has 4 aromatic rings. The topological polar surface area (TPSA) is 55.1 Å². The molecule has 3 N–H and O–H groups in total. The lowest BCUT2D eigenvalue weighted by Crippen LogP contribution is -2.21. The Balaban J connectivity index is 0.00000218. The summed E-state index contributed by atoms with van der Waals surface area (Å²) in [5.41, 5.74) is 10.2. The van der Waals surface area contributed by atoms with Crippen molar-refractivity contribution >= 4 is 34.8 Å². The Kier molecular flexibility index (Phi) is 5.33. The van der Waals surface area contributed by atoms with Gasteiger partial charge in [-0.25, -0.2) is 0 Å². The third-order valence-electron chi connectivity index (χ3n) is 5.92. The van der Waals surface area contributed by atoms with Gasteiger partial charge in [0.1, 0.15) is 0 Å². The number of halogens is 1. The maximum Gasteiger partial charge on any atom is 0.256 e. The number of carbonyl (C=O) groups is 1. The highest BCUT2D eigenvalue weighted by molar-refractivity contribution is 6.12. The van der Waals surface area contributed by atoms with Crippen molar-refractivity contribution in [2.45, 2.75) is 17.9 Å². The van der Waals surface area contributed by atoms with Crippen molar-refractivity contribution in [1.29, 1.82) is 0 Å². The van der Waals surface area contributed by atoms with E-state index in [1.54, 1.807) is 0 Å². The van der Waals surface area contributed by atoms with Crippen molar-refractivity contribution in [2.75, 3.05) is 5.32 Å². The summed E-state index contributed by atoms with van der Waals surface area (Å²) in [6.07, 6.45) is 0.943. The predicted octanol–water partition coefficient (Wildman–Crippen LogP) is 5.86. The molecule has 1 aliphatic carbocycles. The predicted molar refractivity (Wildman–Crippen MR) is 125 cm³/mol. The summed E-state index contributed by atoms with van der Waals surface area (Å²) in [7, 11) is 0. The second-order valence-electron chi connectivity index (χ2n) is 7.77. The van der Waals surface area contributed by atoms with Crippen molar-refractivity contribution in [3.63, 3.8) is 0 Å². The van der Waals surface area contributed by atoms with Crippen LogP contribution >= 0.6 is 12.4 Å². The Morgan fingerprint density at radius 3 is 2.27 bits per heavy atom. The first-order chi connectivity index (χ1) is 14.1. The number of amides is 1. The number of hydrogen-bond donors (Lipinski definition) is 2. The van der Waals surface area contributed by atoms with Gasteiger partial charge in [-0.2, -0.15) is 0 Å². The minimum Gasteiger partial charge on any atom is -0.322 e. The number of carbonyl (C=O) groups excluding carboxylic acids is 1. The van der Waals surface area contributed by atoms with Crippen molar-refractivity contribution in [2.24, 2.45) is 5.73 Å². The molecule has 1 saturated carbocycles. The van der Waals surface area contributed by atoms with Gasteiger partial charge in [0.05, 0.1) is 0 Å². The lowest BCUT2D eigenvalue weighted by Gasteiger charge is -2.13. The number of fused-ring (bicyclic) bond motifs is 1. The van der Waals surface area contributed by atoms with E-state index in [-0.39, 0.29) is 23.9 Å². The zero-order valence-corrected chi connectivity index (χ0v) is 17.2. The van der Waals surface area contributed by atoms with E-state index in [1.165, 1.54) is 11.1 Å². The van der Waals surface area contributed by atoms with E-state index in [2.05, 4.69) is 29.6 Å². The minimum absolute atomic E-state index is 0. The summed E-state index contributed by atoms with van der Waals surface area (Å²) in [6.45, 7) is 0. The average Bonchev–Trinajstić information content (AvgIpc) is 3.47. The van der Waals surface area contributed by atoms with Crippen molar-refractivity contribution in [1.82, 2.24) is 0 Å². The highest BCUT2D eigenvalue weighted by atomic mass is 35.5. The average molecular weight is 415 g/mol. The van der Waals surface area contributed by atoms with E-state index in [0.29, 0.717) is 11.5 Å². The van der Waals surface area contributed by atoms with Gasteiger partial charge in [0.2, 0.25) is 0 Å². The summed E-state index contributed by atoms with van der Waals surface area (Å²) >= 11 is 0. The summed E-state index contributed by atoms with van der Waals surface area (Å²) in [6, 6.07) is 32.0. The molecule has 5 rings (SSSR count). The van der Waals surface area contributed by atoms with Crippen LogP contribution in [-0.4, -0.2) is 5.91 Å². The fourth-order valence-corrected chi connectivity index (χ4v) is 4.18. The molecule has 2 atom stereocenters. The van der Waals surface area contributed by atoms with E-state index >= 15 is 0 Å². The molecule has 0 unspecified atom stereocenters. The monoisotopic (exact) mass is 414 g/mol. The number of rotatable bonds is 4. The molecule has 3 nitrogen and oxygen atoms in total. The van der Waals surface area contributed by atoms with E-state index < -0.39 is 0 Å². The van der Waals surface area contributed by atoms with Gasteiger partial charge in [-0.05, 0) is 46.5 Å². The van der Waals surface area contributed by atoms with Crippen molar-refractivity contribution in [3.05, 3.63) is 114 Å². The molecular formula is C26H23ClN2O. The van der Waals surface area contributed by atoms with Crippen LogP contribution in [0.5, 0.6) is 0 Å². The first-order valence-corrected chi connectivity index (χ1v) is 9.89. The summed E-state index contributed by atoms with van der Waals surface area (Å²) in [5.74, 6) is 0.214. The van der Waals surface area contributed by atoms with E-state index in [4.69, 9.17) is 5.73 Å². The van der Waals surface area contributed by atoms with Crippen LogP contribution in [0.1, 0.15) is 33.8 Å². The van der Waals surface area contributed by atoms with E-state index in [9.17, 15) is 4.79 Å². The van der Waals surface area contributed by atoms with Crippen LogP contribution in [0.2, 0.25) is 0 Å². The summed E-state index contributed by atoms with van der Waals surface area (Å²) in [4.78, 5) is 12.8. The Labute approximate surface area is 182 Å². The zero-order valence-electron chi connectivity index (χ0n) is 16.4. The molecule has 0 heterocycles. The molecule has 0 aliphatic heterocycles. The van der Waals surface area contributed by atoms with Crippen LogP contribution in [0.3, 0.4) is 0 Å². The van der Waals surface area contributed by atoms with Crippen LogP contribution in [0, 0.1) is 0 Å². The Morgan fingerprint density at radius 1 is 0.833 bits per heavy atom. The van der Waals surface area contributed by atoms with Gasteiger partial charge in [0.25, 0.3) is 5.91 Å². The molecule has 4 aromatic carbocycles. The Hall–Kier alpha value is -3.14. The maximum atomic E-state index is 12.8. The number of hydrogen-bond acceptors (Lipinski definition) is 2. The molecule has 0 saturated heterocycles. The van der Waals surface area contributed by atoms with Gasteiger partial charge in [-0.1, -0.05) is 78.9 Å². The number of benzene rings is 4. The van der Waals surface area contributed by atoms with E-state index in [1.807, 2.05) is 72.8 Å². The lowest BCUT2D eigenvalue weighted by atomic mass is 9.99. The van der Waals surface area contributed by atoms with Crippen LogP contribution in [0.4, 0.5) is 5.69 Å². The molecule has 150 valence electrons. The molecule has 4 heteroatoms. The van der Waals surface area contributed by atoms with Crippen LogP contribution < -0.4 is 11.1 Å². The fourth-order valence-electron chi connectivity index (χ4n) is 4.18. The third kappa shape index (κ3) is 3.58.